The summed E-state index contributed by atoms with van der Waals surface area (Å²) in [5.41, 5.74) is 0.794. The fraction of sp³-hybridized carbons (Fsp3) is 0.500. The van der Waals surface area contributed by atoms with Crippen LogP contribution in [0.2, 0.25) is 10.0 Å². The molecule has 0 N–H and O–H groups in total. The van der Waals surface area contributed by atoms with Gasteiger partial charge < -0.3 is 9.47 Å². The fourth-order valence-corrected chi connectivity index (χ4v) is 3.60. The lowest BCUT2D eigenvalue weighted by Crippen LogP contribution is -2.34. The first-order valence-electron chi connectivity index (χ1n) is 8.38. The maximum atomic E-state index is 6.44. The van der Waals surface area contributed by atoms with Crippen LogP contribution in [0.1, 0.15) is 38.2 Å². The van der Waals surface area contributed by atoms with Crippen LogP contribution in [0.25, 0.3) is 0 Å². The molecule has 1 aromatic heterocycles. The predicted octanol–water partition coefficient (Wildman–Crippen LogP) is 5.04. The zero-order chi connectivity index (χ0) is 17.0. The minimum atomic E-state index is -0.926. The highest BCUT2D eigenvalue weighted by atomic mass is 35.5. The molecule has 1 saturated heterocycles. The summed E-state index contributed by atoms with van der Waals surface area (Å²) in [6, 6.07) is 7.29. The minimum Gasteiger partial charge on any atom is -0.342 e. The van der Waals surface area contributed by atoms with Gasteiger partial charge in [0.25, 0.3) is 0 Å². The van der Waals surface area contributed by atoms with Crippen molar-refractivity contribution in [2.75, 3.05) is 6.61 Å². The largest absolute Gasteiger partial charge is 0.342 e. The van der Waals surface area contributed by atoms with Crippen LogP contribution in [-0.2, 0) is 21.8 Å². The highest BCUT2D eigenvalue weighted by Crippen LogP contribution is 2.41. The second-order valence-electron chi connectivity index (χ2n) is 6.13. The third-order valence-corrected chi connectivity index (χ3v) is 4.81. The van der Waals surface area contributed by atoms with E-state index < -0.39 is 5.79 Å². The number of unbranched alkanes of at least 4 members (excludes halogenated alkanes) is 2. The first-order chi connectivity index (χ1) is 11.6. The van der Waals surface area contributed by atoms with Gasteiger partial charge in [0, 0.05) is 23.0 Å². The fourth-order valence-electron chi connectivity index (χ4n) is 3.04. The van der Waals surface area contributed by atoms with E-state index in [9.17, 15) is 0 Å². The Labute approximate surface area is 152 Å². The molecule has 0 aliphatic carbocycles. The molecule has 130 valence electrons. The molecule has 3 rings (SSSR count). The van der Waals surface area contributed by atoms with Crippen molar-refractivity contribution < 1.29 is 9.47 Å². The van der Waals surface area contributed by atoms with Crippen molar-refractivity contribution in [3.8, 4) is 0 Å². The lowest BCUT2D eigenvalue weighted by atomic mass is 10.1. The average molecular weight is 369 g/mol. The third kappa shape index (κ3) is 3.94. The van der Waals surface area contributed by atoms with Crippen molar-refractivity contribution in [2.24, 2.45) is 0 Å². The monoisotopic (exact) mass is 368 g/mol. The molecule has 4 nitrogen and oxygen atoms in total. The van der Waals surface area contributed by atoms with Gasteiger partial charge in [0.15, 0.2) is 0 Å². The predicted molar refractivity (Wildman–Crippen MR) is 95.3 cm³/mol. The number of hydrogen-bond donors (Lipinski definition) is 0. The number of hydrogen-bond acceptors (Lipinski definition) is 3. The van der Waals surface area contributed by atoms with E-state index in [0.29, 0.717) is 23.2 Å². The van der Waals surface area contributed by atoms with Crippen LogP contribution >= 0.6 is 23.2 Å². The van der Waals surface area contributed by atoms with Crippen LogP contribution in [-0.4, -0.2) is 22.5 Å². The third-order valence-electron chi connectivity index (χ3n) is 4.26. The van der Waals surface area contributed by atoms with Crippen LogP contribution in [0.3, 0.4) is 0 Å². The number of nitrogens with zero attached hydrogens (tertiary/aromatic N) is 2. The Balaban J connectivity index is 1.85. The van der Waals surface area contributed by atoms with Gasteiger partial charge in [-0.2, -0.15) is 5.10 Å². The van der Waals surface area contributed by atoms with Crippen molar-refractivity contribution in [2.45, 2.75) is 51.0 Å². The van der Waals surface area contributed by atoms with Crippen LogP contribution in [0.5, 0.6) is 0 Å². The standard InChI is InChI=1S/C18H22Cl2N2O2/c1-2-3-4-6-15-12-23-18(24-15,13-22-10-5-9-21-22)16-8-7-14(19)11-17(16)20/h5,7-11,15H,2-4,6,12-13H2,1H3. The van der Waals surface area contributed by atoms with Gasteiger partial charge >= 0.3 is 0 Å². The smallest absolute Gasteiger partial charge is 0.217 e. The Hall–Kier alpha value is -1.07. The molecule has 2 heterocycles. The summed E-state index contributed by atoms with van der Waals surface area (Å²) in [4.78, 5) is 0. The van der Waals surface area contributed by atoms with Gasteiger partial charge in [0.2, 0.25) is 5.79 Å². The van der Waals surface area contributed by atoms with Gasteiger partial charge in [-0.1, -0.05) is 55.5 Å². The highest BCUT2D eigenvalue weighted by Gasteiger charge is 2.45. The van der Waals surface area contributed by atoms with E-state index in [0.717, 1.165) is 18.4 Å². The molecule has 1 aliphatic rings. The van der Waals surface area contributed by atoms with E-state index in [1.807, 2.05) is 24.4 Å². The van der Waals surface area contributed by atoms with Gasteiger partial charge in [-0.05, 0) is 24.6 Å². The SMILES string of the molecule is CCCCCC1COC(Cn2cccn2)(c2ccc(Cl)cc2Cl)O1. The number of benzene rings is 1. The Morgan fingerprint density at radius 3 is 2.92 bits per heavy atom. The van der Waals surface area contributed by atoms with E-state index in [2.05, 4.69) is 12.0 Å². The molecule has 6 heteroatoms. The van der Waals surface area contributed by atoms with Gasteiger partial charge in [-0.3, -0.25) is 4.68 Å². The Morgan fingerprint density at radius 2 is 2.21 bits per heavy atom. The first-order valence-corrected chi connectivity index (χ1v) is 9.13. The summed E-state index contributed by atoms with van der Waals surface area (Å²) in [7, 11) is 0. The molecule has 2 unspecified atom stereocenters. The molecule has 1 aliphatic heterocycles. The van der Waals surface area contributed by atoms with E-state index in [-0.39, 0.29) is 6.10 Å². The number of halogens is 2. The lowest BCUT2D eigenvalue weighted by molar-refractivity contribution is -0.189. The van der Waals surface area contributed by atoms with Crippen LogP contribution < -0.4 is 0 Å². The maximum Gasteiger partial charge on any atom is 0.217 e. The van der Waals surface area contributed by atoms with Crippen LogP contribution in [0.4, 0.5) is 0 Å². The topological polar surface area (TPSA) is 36.3 Å². The number of rotatable bonds is 7. The van der Waals surface area contributed by atoms with Crippen molar-refractivity contribution in [3.05, 3.63) is 52.3 Å². The van der Waals surface area contributed by atoms with Crippen molar-refractivity contribution in [3.63, 3.8) is 0 Å². The van der Waals surface area contributed by atoms with Crippen molar-refractivity contribution in [1.29, 1.82) is 0 Å². The highest BCUT2D eigenvalue weighted by molar-refractivity contribution is 6.35. The Kier molecular flexibility index (Phi) is 5.82. The van der Waals surface area contributed by atoms with Gasteiger partial charge in [0.05, 0.1) is 24.3 Å². The average Bonchev–Trinajstić information content (AvgIpc) is 3.19. The summed E-state index contributed by atoms with van der Waals surface area (Å²) < 4.78 is 14.3. The molecule has 2 atom stereocenters. The quantitative estimate of drug-likeness (QED) is 0.642. The lowest BCUT2D eigenvalue weighted by Gasteiger charge is -2.29. The van der Waals surface area contributed by atoms with E-state index in [4.69, 9.17) is 32.7 Å². The van der Waals surface area contributed by atoms with Crippen molar-refractivity contribution >= 4 is 23.2 Å². The summed E-state index contributed by atoms with van der Waals surface area (Å²) in [5, 5.41) is 5.42. The normalized spacial score (nSPS) is 23.7. The molecule has 2 aromatic rings. The van der Waals surface area contributed by atoms with Gasteiger partial charge in [-0.25, -0.2) is 0 Å². The summed E-state index contributed by atoms with van der Waals surface area (Å²) in [5.74, 6) is -0.926. The molecule has 1 fully saturated rings. The number of ether oxygens (including phenoxy) is 2. The van der Waals surface area contributed by atoms with E-state index >= 15 is 0 Å². The summed E-state index contributed by atoms with van der Waals surface area (Å²) in [6.07, 6.45) is 8.21. The number of aromatic nitrogens is 2. The van der Waals surface area contributed by atoms with E-state index in [1.54, 1.807) is 16.9 Å². The summed E-state index contributed by atoms with van der Waals surface area (Å²) >= 11 is 12.5. The second kappa shape index (κ2) is 7.87. The second-order valence-corrected chi connectivity index (χ2v) is 6.97. The zero-order valence-corrected chi connectivity index (χ0v) is 15.3. The van der Waals surface area contributed by atoms with Crippen LogP contribution in [0.15, 0.2) is 36.7 Å². The molecule has 0 bridgehead atoms. The van der Waals surface area contributed by atoms with E-state index in [1.165, 1.54) is 12.8 Å². The zero-order valence-electron chi connectivity index (χ0n) is 13.8. The minimum absolute atomic E-state index is 0.0684. The molecular formula is C18H22Cl2N2O2. The molecular weight excluding hydrogens is 347 g/mol. The molecule has 1 aromatic carbocycles. The first kappa shape index (κ1) is 17.7. The summed E-state index contributed by atoms with van der Waals surface area (Å²) in [6.45, 7) is 3.21. The molecule has 0 saturated carbocycles. The van der Waals surface area contributed by atoms with Crippen LogP contribution in [0, 0.1) is 0 Å². The Morgan fingerprint density at radius 1 is 1.33 bits per heavy atom. The Bertz CT molecular complexity index is 663. The molecule has 0 spiro atoms. The molecule has 24 heavy (non-hydrogen) atoms. The maximum absolute atomic E-state index is 6.44. The molecule has 0 radical (unpaired) electrons. The van der Waals surface area contributed by atoms with Gasteiger partial charge in [0.1, 0.15) is 0 Å². The van der Waals surface area contributed by atoms with Gasteiger partial charge in [-0.15, -0.1) is 0 Å². The van der Waals surface area contributed by atoms with Crippen molar-refractivity contribution in [1.82, 2.24) is 9.78 Å². The molecule has 0 amide bonds.